The highest BCUT2D eigenvalue weighted by atomic mass is 127. The van der Waals surface area contributed by atoms with Gasteiger partial charge >= 0.3 is 6.09 Å². The number of hydrogen-bond acceptors (Lipinski definition) is 5. The Kier molecular flexibility index (Phi) is 11.9. The van der Waals surface area contributed by atoms with Crippen molar-refractivity contribution >= 4 is 46.1 Å². The lowest BCUT2D eigenvalue weighted by Gasteiger charge is -2.34. The van der Waals surface area contributed by atoms with Gasteiger partial charge in [0.05, 0.1) is 11.8 Å². The molecule has 178 valence electrons. The predicted octanol–water partition coefficient (Wildman–Crippen LogP) is 2.28. The van der Waals surface area contributed by atoms with Crippen LogP contribution in [-0.2, 0) is 14.8 Å². The summed E-state index contributed by atoms with van der Waals surface area (Å²) in [6, 6.07) is -0.0782. The first kappa shape index (κ1) is 29.2. The van der Waals surface area contributed by atoms with Gasteiger partial charge < -0.3 is 20.7 Å². The first-order valence-electron chi connectivity index (χ1n) is 10.3. The van der Waals surface area contributed by atoms with Crippen molar-refractivity contribution in [1.82, 2.24) is 20.3 Å². The number of ether oxygens (including phenoxy) is 1. The molecule has 1 aliphatic rings. The molecule has 9 nitrogen and oxygen atoms in total. The van der Waals surface area contributed by atoms with Crippen molar-refractivity contribution in [3.05, 3.63) is 0 Å². The highest BCUT2D eigenvalue weighted by molar-refractivity contribution is 14.0. The third-order valence-corrected chi connectivity index (χ3v) is 6.52. The number of halogens is 1. The molecule has 1 heterocycles. The van der Waals surface area contributed by atoms with E-state index in [0.29, 0.717) is 25.6 Å². The summed E-state index contributed by atoms with van der Waals surface area (Å²) >= 11 is 0. The number of amides is 1. The van der Waals surface area contributed by atoms with Crippen LogP contribution < -0.4 is 16.0 Å². The normalized spacial score (nSPS) is 18.5. The minimum Gasteiger partial charge on any atom is -0.444 e. The molecular weight excluding hydrogens is 521 g/mol. The number of nitrogens with zero attached hydrogens (tertiary/aromatic N) is 2. The van der Waals surface area contributed by atoms with Gasteiger partial charge in [-0.25, -0.2) is 13.2 Å². The molecule has 0 radical (unpaired) electrons. The van der Waals surface area contributed by atoms with Crippen LogP contribution in [0.1, 0.15) is 60.3 Å². The largest absolute Gasteiger partial charge is 0.444 e. The zero-order chi connectivity index (χ0) is 22.3. The molecule has 30 heavy (non-hydrogen) atoms. The maximum atomic E-state index is 12.3. The molecule has 11 heteroatoms. The standard InChI is InChI=1S/C19H39N5O4S.HI/c1-8-19(9-2,23-17(25)28-18(3,4)5)14-22-16(20-6)21-13-15-11-10-12-24(15)29(7,26)27;/h15H,8-14H2,1-7H3,(H,23,25)(H2,20,21,22);1H/t15-;/m1./s1. The zero-order valence-electron chi connectivity index (χ0n) is 19.4. The van der Waals surface area contributed by atoms with Crippen LogP contribution in [0.2, 0.25) is 0 Å². The van der Waals surface area contributed by atoms with Gasteiger partial charge in [0, 0.05) is 32.7 Å². The number of sulfonamides is 1. The molecule has 0 aromatic heterocycles. The van der Waals surface area contributed by atoms with E-state index < -0.39 is 27.3 Å². The van der Waals surface area contributed by atoms with Crippen molar-refractivity contribution in [3.63, 3.8) is 0 Å². The lowest BCUT2D eigenvalue weighted by atomic mass is 9.93. The maximum Gasteiger partial charge on any atom is 0.408 e. The van der Waals surface area contributed by atoms with Crippen LogP contribution in [0.25, 0.3) is 0 Å². The second-order valence-corrected chi connectivity index (χ2v) is 10.5. The van der Waals surface area contributed by atoms with E-state index in [1.54, 1.807) is 11.4 Å². The summed E-state index contributed by atoms with van der Waals surface area (Å²) in [7, 11) is -1.54. The highest BCUT2D eigenvalue weighted by Gasteiger charge is 2.32. The summed E-state index contributed by atoms with van der Waals surface area (Å²) in [6.07, 6.45) is 3.93. The Morgan fingerprint density at radius 2 is 1.80 bits per heavy atom. The minimum atomic E-state index is -3.21. The third-order valence-electron chi connectivity index (χ3n) is 5.19. The monoisotopic (exact) mass is 561 g/mol. The SMILES string of the molecule is CCC(CC)(CNC(=NC)NC[C@H]1CCCN1S(C)(=O)=O)NC(=O)OC(C)(C)C.I. The molecule has 0 aliphatic carbocycles. The maximum absolute atomic E-state index is 12.3. The van der Waals surface area contributed by atoms with Gasteiger partial charge in [0.25, 0.3) is 0 Å². The van der Waals surface area contributed by atoms with Crippen LogP contribution in [0, 0.1) is 0 Å². The van der Waals surface area contributed by atoms with Gasteiger partial charge in [-0.3, -0.25) is 4.99 Å². The van der Waals surface area contributed by atoms with Crippen LogP contribution in [0.3, 0.4) is 0 Å². The number of nitrogens with one attached hydrogen (secondary N) is 3. The Morgan fingerprint density at radius 3 is 2.27 bits per heavy atom. The topological polar surface area (TPSA) is 112 Å². The smallest absolute Gasteiger partial charge is 0.408 e. The lowest BCUT2D eigenvalue weighted by molar-refractivity contribution is 0.0448. The zero-order valence-corrected chi connectivity index (χ0v) is 22.5. The van der Waals surface area contributed by atoms with Crippen molar-refractivity contribution in [2.24, 2.45) is 4.99 Å². The lowest BCUT2D eigenvalue weighted by Crippen LogP contribution is -2.57. The number of carbonyl (C=O) groups excluding carboxylic acids is 1. The summed E-state index contributed by atoms with van der Waals surface area (Å²) in [4.78, 5) is 16.5. The number of alkyl carbamates (subject to hydrolysis) is 1. The van der Waals surface area contributed by atoms with E-state index in [0.717, 1.165) is 25.7 Å². The highest BCUT2D eigenvalue weighted by Crippen LogP contribution is 2.19. The molecule has 3 N–H and O–H groups in total. The number of rotatable bonds is 8. The van der Waals surface area contributed by atoms with Crippen molar-refractivity contribution in [3.8, 4) is 0 Å². The van der Waals surface area contributed by atoms with Crippen molar-refractivity contribution < 1.29 is 17.9 Å². The van der Waals surface area contributed by atoms with E-state index in [2.05, 4.69) is 20.9 Å². The molecule has 0 saturated carbocycles. The predicted molar refractivity (Wildman–Crippen MR) is 132 cm³/mol. The summed E-state index contributed by atoms with van der Waals surface area (Å²) in [5.74, 6) is 0.572. The van der Waals surface area contributed by atoms with Crippen molar-refractivity contribution in [1.29, 1.82) is 0 Å². The van der Waals surface area contributed by atoms with Crippen LogP contribution in [0.4, 0.5) is 4.79 Å². The van der Waals surface area contributed by atoms with E-state index >= 15 is 0 Å². The van der Waals surface area contributed by atoms with E-state index in [4.69, 9.17) is 4.74 Å². The minimum absolute atomic E-state index is 0. The number of hydrogen-bond donors (Lipinski definition) is 3. The average molecular weight is 562 g/mol. The molecular formula is C19H40IN5O4S. The first-order valence-corrected chi connectivity index (χ1v) is 12.1. The quantitative estimate of drug-likeness (QED) is 0.238. The summed E-state index contributed by atoms with van der Waals surface area (Å²) < 4.78 is 30.7. The third kappa shape index (κ3) is 9.54. The molecule has 1 rings (SSSR count). The second-order valence-electron chi connectivity index (χ2n) is 8.59. The van der Waals surface area contributed by atoms with Gasteiger partial charge in [0.15, 0.2) is 5.96 Å². The fourth-order valence-corrected chi connectivity index (χ4v) is 4.56. The van der Waals surface area contributed by atoms with Crippen LogP contribution in [0.15, 0.2) is 4.99 Å². The van der Waals surface area contributed by atoms with Crippen molar-refractivity contribution in [2.45, 2.75) is 77.5 Å². The summed E-state index contributed by atoms with van der Waals surface area (Å²) in [5, 5.41) is 9.47. The number of carbonyl (C=O) groups is 1. The molecule has 0 unspecified atom stereocenters. The van der Waals surface area contributed by atoms with E-state index in [1.165, 1.54) is 6.26 Å². The fraction of sp³-hybridized carbons (Fsp3) is 0.895. The van der Waals surface area contributed by atoms with Gasteiger partial charge in [-0.05, 0) is 46.5 Å². The van der Waals surface area contributed by atoms with Gasteiger partial charge in [-0.1, -0.05) is 13.8 Å². The van der Waals surface area contributed by atoms with Crippen LogP contribution in [-0.4, -0.2) is 74.9 Å². The van der Waals surface area contributed by atoms with Crippen molar-refractivity contribution in [2.75, 3.05) is 32.9 Å². The summed E-state index contributed by atoms with van der Waals surface area (Å²) in [5.41, 5.74) is -1.04. The molecule has 1 amide bonds. The molecule has 0 aromatic carbocycles. The van der Waals surface area contributed by atoms with Crippen LogP contribution >= 0.6 is 24.0 Å². The Balaban J connectivity index is 0.00000841. The molecule has 0 bridgehead atoms. The van der Waals surface area contributed by atoms with Gasteiger partial charge in [-0.15, -0.1) is 24.0 Å². The molecule has 1 saturated heterocycles. The Morgan fingerprint density at radius 1 is 1.20 bits per heavy atom. The van der Waals surface area contributed by atoms with E-state index in [-0.39, 0.29) is 30.0 Å². The number of guanidine groups is 1. The van der Waals surface area contributed by atoms with Crippen LogP contribution in [0.5, 0.6) is 0 Å². The molecule has 0 aromatic rings. The molecule has 1 fully saturated rings. The fourth-order valence-electron chi connectivity index (χ4n) is 3.38. The molecule has 0 spiro atoms. The van der Waals surface area contributed by atoms with E-state index in [9.17, 15) is 13.2 Å². The Bertz CT molecular complexity index is 675. The molecule has 1 atom stereocenters. The first-order chi connectivity index (χ1) is 13.4. The number of aliphatic imine (C=N–C) groups is 1. The Hall–Kier alpha value is -0.820. The second kappa shape index (κ2) is 12.3. The van der Waals surface area contributed by atoms with Gasteiger partial charge in [-0.2, -0.15) is 4.31 Å². The average Bonchev–Trinajstić information content (AvgIpc) is 3.08. The van der Waals surface area contributed by atoms with Gasteiger partial charge in [0.2, 0.25) is 10.0 Å². The van der Waals surface area contributed by atoms with E-state index in [1.807, 2.05) is 34.6 Å². The van der Waals surface area contributed by atoms with Gasteiger partial charge in [0.1, 0.15) is 5.60 Å². The Labute approximate surface area is 199 Å². The summed E-state index contributed by atoms with van der Waals surface area (Å²) in [6.45, 7) is 11.0. The molecule has 1 aliphatic heterocycles.